The summed E-state index contributed by atoms with van der Waals surface area (Å²) in [5, 5.41) is 0.820. The fourth-order valence-electron chi connectivity index (χ4n) is 2.01. The molecule has 0 aliphatic rings. The van der Waals surface area contributed by atoms with Gasteiger partial charge in [0.15, 0.2) is 0 Å². The van der Waals surface area contributed by atoms with Crippen LogP contribution < -0.4 is 0 Å². The standard InChI is InChI=1S/C16H17BrClN/c1-2-19(11-13-6-4-3-5-7-13)12-14-8-9-15(17)10-16(14)18/h3-10H,2,11-12H2,1H3. The van der Waals surface area contributed by atoms with Gasteiger partial charge in [0.1, 0.15) is 0 Å². The molecular weight excluding hydrogens is 322 g/mol. The molecule has 0 spiro atoms. The Morgan fingerprint density at radius 3 is 2.42 bits per heavy atom. The Hall–Kier alpha value is -0.830. The van der Waals surface area contributed by atoms with Crippen molar-refractivity contribution in [2.45, 2.75) is 20.0 Å². The highest BCUT2D eigenvalue weighted by Crippen LogP contribution is 2.23. The van der Waals surface area contributed by atoms with E-state index in [0.29, 0.717) is 0 Å². The van der Waals surface area contributed by atoms with Crippen LogP contribution >= 0.6 is 27.5 Å². The fraction of sp³-hybridized carbons (Fsp3) is 0.250. The summed E-state index contributed by atoms with van der Waals surface area (Å²) in [5.74, 6) is 0. The van der Waals surface area contributed by atoms with Crippen LogP contribution in [0.15, 0.2) is 53.0 Å². The van der Waals surface area contributed by atoms with Crippen LogP contribution in [0.4, 0.5) is 0 Å². The van der Waals surface area contributed by atoms with Gasteiger partial charge in [0, 0.05) is 22.6 Å². The second kappa shape index (κ2) is 7.09. The van der Waals surface area contributed by atoms with Crippen molar-refractivity contribution in [3.63, 3.8) is 0 Å². The van der Waals surface area contributed by atoms with Gasteiger partial charge in [0.05, 0.1) is 0 Å². The molecule has 1 nitrogen and oxygen atoms in total. The molecule has 0 N–H and O–H groups in total. The van der Waals surface area contributed by atoms with Gasteiger partial charge in [-0.05, 0) is 29.8 Å². The smallest absolute Gasteiger partial charge is 0.0462 e. The van der Waals surface area contributed by atoms with Crippen LogP contribution in [-0.4, -0.2) is 11.4 Å². The van der Waals surface area contributed by atoms with Gasteiger partial charge in [0.25, 0.3) is 0 Å². The molecule has 3 heteroatoms. The average molecular weight is 339 g/mol. The summed E-state index contributed by atoms with van der Waals surface area (Å²) in [6.45, 7) is 5.00. The van der Waals surface area contributed by atoms with Crippen LogP contribution in [0.5, 0.6) is 0 Å². The molecule has 0 bridgehead atoms. The number of nitrogens with zero attached hydrogens (tertiary/aromatic N) is 1. The molecule has 2 aromatic rings. The molecule has 0 saturated heterocycles. The second-order valence-corrected chi connectivity index (χ2v) is 5.85. The van der Waals surface area contributed by atoms with Crippen molar-refractivity contribution >= 4 is 27.5 Å². The van der Waals surface area contributed by atoms with Crippen molar-refractivity contribution in [3.05, 3.63) is 69.2 Å². The van der Waals surface area contributed by atoms with E-state index >= 15 is 0 Å². The van der Waals surface area contributed by atoms with E-state index in [1.165, 1.54) is 11.1 Å². The zero-order valence-corrected chi connectivity index (χ0v) is 13.3. The summed E-state index contributed by atoms with van der Waals surface area (Å²) < 4.78 is 1.02. The maximum atomic E-state index is 6.28. The van der Waals surface area contributed by atoms with Gasteiger partial charge in [-0.25, -0.2) is 0 Å². The zero-order chi connectivity index (χ0) is 13.7. The van der Waals surface area contributed by atoms with E-state index < -0.39 is 0 Å². The number of hydrogen-bond acceptors (Lipinski definition) is 1. The molecule has 0 aliphatic heterocycles. The third-order valence-electron chi connectivity index (χ3n) is 3.11. The molecule has 0 fully saturated rings. The van der Waals surface area contributed by atoms with Gasteiger partial charge in [-0.1, -0.05) is 70.9 Å². The first kappa shape index (κ1) is 14.6. The summed E-state index contributed by atoms with van der Waals surface area (Å²) >= 11 is 9.71. The molecule has 0 saturated carbocycles. The molecule has 0 atom stereocenters. The molecule has 0 unspecified atom stereocenters. The van der Waals surface area contributed by atoms with Gasteiger partial charge < -0.3 is 0 Å². The number of hydrogen-bond donors (Lipinski definition) is 0. The Labute approximate surface area is 128 Å². The lowest BCUT2D eigenvalue weighted by atomic mass is 10.1. The van der Waals surface area contributed by atoms with Crippen molar-refractivity contribution < 1.29 is 0 Å². The third kappa shape index (κ3) is 4.34. The number of benzene rings is 2. The van der Waals surface area contributed by atoms with E-state index in [9.17, 15) is 0 Å². The van der Waals surface area contributed by atoms with Gasteiger partial charge in [0.2, 0.25) is 0 Å². The second-order valence-electron chi connectivity index (χ2n) is 4.52. The molecule has 19 heavy (non-hydrogen) atoms. The maximum Gasteiger partial charge on any atom is 0.0462 e. The molecular formula is C16H17BrClN. The maximum absolute atomic E-state index is 6.28. The Morgan fingerprint density at radius 2 is 1.79 bits per heavy atom. The highest BCUT2D eigenvalue weighted by atomic mass is 79.9. The SMILES string of the molecule is CCN(Cc1ccccc1)Cc1ccc(Br)cc1Cl. The molecule has 0 amide bonds. The van der Waals surface area contributed by atoms with Gasteiger partial charge >= 0.3 is 0 Å². The van der Waals surface area contributed by atoms with Crippen LogP contribution in [0, 0.1) is 0 Å². The summed E-state index contributed by atoms with van der Waals surface area (Å²) in [6.07, 6.45) is 0. The van der Waals surface area contributed by atoms with Crippen molar-refractivity contribution in [2.24, 2.45) is 0 Å². The normalized spacial score (nSPS) is 10.9. The van der Waals surface area contributed by atoms with Gasteiger partial charge in [-0.2, -0.15) is 0 Å². The first-order valence-corrected chi connectivity index (χ1v) is 7.56. The quantitative estimate of drug-likeness (QED) is 0.731. The molecule has 0 aromatic heterocycles. The Balaban J connectivity index is 2.06. The Morgan fingerprint density at radius 1 is 1.05 bits per heavy atom. The number of halogens is 2. The first-order chi connectivity index (χ1) is 9.19. The predicted octanol–water partition coefficient (Wildman–Crippen LogP) is 5.12. The van der Waals surface area contributed by atoms with Gasteiger partial charge in [-0.3, -0.25) is 4.90 Å². The molecule has 0 aliphatic carbocycles. The van der Waals surface area contributed by atoms with Crippen molar-refractivity contribution in [3.8, 4) is 0 Å². The number of rotatable bonds is 5. The van der Waals surface area contributed by atoms with E-state index in [-0.39, 0.29) is 0 Å². The summed E-state index contributed by atoms with van der Waals surface area (Å²) in [6, 6.07) is 16.6. The lowest BCUT2D eigenvalue weighted by Crippen LogP contribution is -2.22. The molecule has 2 aromatic carbocycles. The summed E-state index contributed by atoms with van der Waals surface area (Å²) in [5.41, 5.74) is 2.50. The van der Waals surface area contributed by atoms with E-state index in [0.717, 1.165) is 29.1 Å². The van der Waals surface area contributed by atoms with E-state index in [1.54, 1.807) is 0 Å². The highest BCUT2D eigenvalue weighted by molar-refractivity contribution is 9.10. The minimum absolute atomic E-state index is 0.820. The molecule has 100 valence electrons. The van der Waals surface area contributed by atoms with Crippen molar-refractivity contribution in [2.75, 3.05) is 6.54 Å². The third-order valence-corrected chi connectivity index (χ3v) is 3.95. The Kier molecular flexibility index (Phi) is 5.44. The van der Waals surface area contributed by atoms with Crippen LogP contribution in [0.2, 0.25) is 5.02 Å². The van der Waals surface area contributed by atoms with E-state index in [2.05, 4.69) is 58.1 Å². The predicted molar refractivity (Wildman–Crippen MR) is 85.4 cm³/mol. The lowest BCUT2D eigenvalue weighted by molar-refractivity contribution is 0.271. The summed E-state index contributed by atoms with van der Waals surface area (Å²) in [4.78, 5) is 2.38. The van der Waals surface area contributed by atoms with Gasteiger partial charge in [-0.15, -0.1) is 0 Å². The zero-order valence-electron chi connectivity index (χ0n) is 10.9. The van der Waals surface area contributed by atoms with Crippen LogP contribution in [0.1, 0.15) is 18.1 Å². The topological polar surface area (TPSA) is 3.24 Å². The van der Waals surface area contributed by atoms with Crippen LogP contribution in [-0.2, 0) is 13.1 Å². The monoisotopic (exact) mass is 337 g/mol. The Bertz CT molecular complexity index is 528. The van der Waals surface area contributed by atoms with Crippen LogP contribution in [0.25, 0.3) is 0 Å². The molecule has 0 heterocycles. The van der Waals surface area contributed by atoms with Crippen molar-refractivity contribution in [1.82, 2.24) is 4.90 Å². The highest BCUT2D eigenvalue weighted by Gasteiger charge is 2.08. The largest absolute Gasteiger partial charge is 0.295 e. The fourth-order valence-corrected chi connectivity index (χ4v) is 2.75. The minimum atomic E-state index is 0.820. The van der Waals surface area contributed by atoms with E-state index in [1.807, 2.05) is 18.2 Å². The lowest BCUT2D eigenvalue weighted by Gasteiger charge is -2.21. The minimum Gasteiger partial charge on any atom is -0.295 e. The first-order valence-electron chi connectivity index (χ1n) is 6.39. The molecule has 0 radical (unpaired) electrons. The van der Waals surface area contributed by atoms with E-state index in [4.69, 9.17) is 11.6 Å². The molecule has 2 rings (SSSR count). The van der Waals surface area contributed by atoms with Crippen LogP contribution in [0.3, 0.4) is 0 Å². The van der Waals surface area contributed by atoms with Crippen molar-refractivity contribution in [1.29, 1.82) is 0 Å². The summed E-state index contributed by atoms with van der Waals surface area (Å²) in [7, 11) is 0. The average Bonchev–Trinajstić information content (AvgIpc) is 2.42.